The molecule has 0 spiro atoms. The van der Waals surface area contributed by atoms with Gasteiger partial charge in [-0.15, -0.1) is 0 Å². The SMILES string of the molecule is CC(C)c1ccc(Nc2cncc(C(=O)Nc3c(F)cccc3F)c2)cc1. The Morgan fingerprint density at radius 3 is 2.26 bits per heavy atom. The van der Waals surface area contributed by atoms with Gasteiger partial charge in [0.15, 0.2) is 0 Å². The predicted octanol–water partition coefficient (Wildman–Crippen LogP) is 5.48. The second kappa shape index (κ2) is 7.95. The minimum absolute atomic E-state index is 0.182. The molecule has 1 heterocycles. The summed E-state index contributed by atoms with van der Waals surface area (Å²) in [5.41, 5.74) is 2.36. The van der Waals surface area contributed by atoms with E-state index in [9.17, 15) is 13.6 Å². The van der Waals surface area contributed by atoms with Crippen molar-refractivity contribution >= 4 is 23.0 Å². The molecule has 0 saturated carbocycles. The highest BCUT2D eigenvalue weighted by atomic mass is 19.1. The summed E-state index contributed by atoms with van der Waals surface area (Å²) >= 11 is 0. The lowest BCUT2D eigenvalue weighted by Crippen LogP contribution is -2.14. The van der Waals surface area contributed by atoms with Crippen molar-refractivity contribution in [1.29, 1.82) is 0 Å². The number of benzene rings is 2. The molecule has 0 saturated heterocycles. The normalized spacial score (nSPS) is 10.7. The predicted molar refractivity (Wildman–Crippen MR) is 102 cm³/mol. The van der Waals surface area contributed by atoms with E-state index < -0.39 is 23.2 Å². The molecule has 2 N–H and O–H groups in total. The average Bonchev–Trinajstić information content (AvgIpc) is 2.65. The highest BCUT2D eigenvalue weighted by Crippen LogP contribution is 2.22. The van der Waals surface area contributed by atoms with Crippen LogP contribution in [0.4, 0.5) is 25.8 Å². The number of nitrogens with zero attached hydrogens (tertiary/aromatic N) is 1. The van der Waals surface area contributed by atoms with E-state index in [0.717, 1.165) is 17.8 Å². The molecule has 0 bridgehead atoms. The third-order valence-electron chi connectivity index (χ3n) is 4.07. The summed E-state index contributed by atoms with van der Waals surface area (Å²) in [5.74, 6) is -1.89. The van der Waals surface area contributed by atoms with Gasteiger partial charge >= 0.3 is 0 Å². The zero-order valence-corrected chi connectivity index (χ0v) is 15.0. The third-order valence-corrected chi connectivity index (χ3v) is 4.07. The van der Waals surface area contributed by atoms with Crippen LogP contribution in [0.3, 0.4) is 0 Å². The number of halogens is 2. The van der Waals surface area contributed by atoms with Gasteiger partial charge in [-0.2, -0.15) is 0 Å². The van der Waals surface area contributed by atoms with Crippen LogP contribution in [-0.4, -0.2) is 10.9 Å². The maximum absolute atomic E-state index is 13.7. The van der Waals surface area contributed by atoms with E-state index in [2.05, 4.69) is 29.5 Å². The summed E-state index contributed by atoms with van der Waals surface area (Å²) in [5, 5.41) is 5.41. The number of hydrogen-bond donors (Lipinski definition) is 2. The standard InChI is InChI=1S/C21H19F2N3O/c1-13(2)14-6-8-16(9-7-14)25-17-10-15(11-24-12-17)21(27)26-20-18(22)4-3-5-19(20)23/h3-13,25H,1-2H3,(H,26,27). The number of aromatic nitrogens is 1. The van der Waals surface area contributed by atoms with Crippen molar-refractivity contribution < 1.29 is 13.6 Å². The molecule has 0 atom stereocenters. The minimum Gasteiger partial charge on any atom is -0.354 e. The fourth-order valence-electron chi connectivity index (χ4n) is 2.55. The van der Waals surface area contributed by atoms with E-state index in [4.69, 9.17) is 0 Å². The highest BCUT2D eigenvalue weighted by molar-refractivity contribution is 6.04. The number of anilines is 3. The molecule has 2 aromatic carbocycles. The number of para-hydroxylation sites is 1. The largest absolute Gasteiger partial charge is 0.354 e. The molecule has 1 amide bonds. The van der Waals surface area contributed by atoms with Gasteiger partial charge in [-0.25, -0.2) is 8.78 Å². The number of rotatable bonds is 5. The zero-order chi connectivity index (χ0) is 19.4. The Bertz CT molecular complexity index is 936. The second-order valence-electron chi connectivity index (χ2n) is 6.41. The number of amides is 1. The molecule has 138 valence electrons. The quantitative estimate of drug-likeness (QED) is 0.628. The summed E-state index contributed by atoms with van der Waals surface area (Å²) in [6.07, 6.45) is 2.90. The van der Waals surface area contributed by atoms with Crippen LogP contribution < -0.4 is 10.6 Å². The van der Waals surface area contributed by atoms with Gasteiger partial charge < -0.3 is 10.6 Å². The van der Waals surface area contributed by atoms with Crippen molar-refractivity contribution in [2.75, 3.05) is 10.6 Å². The van der Waals surface area contributed by atoms with E-state index in [-0.39, 0.29) is 5.56 Å². The average molecular weight is 367 g/mol. The first kappa shape index (κ1) is 18.5. The maximum atomic E-state index is 13.7. The Kier molecular flexibility index (Phi) is 5.45. The molecule has 4 nitrogen and oxygen atoms in total. The van der Waals surface area contributed by atoms with Crippen LogP contribution in [0.15, 0.2) is 60.9 Å². The van der Waals surface area contributed by atoms with Crippen LogP contribution in [0, 0.1) is 11.6 Å². The first-order chi connectivity index (χ1) is 12.9. The van der Waals surface area contributed by atoms with Gasteiger partial charge in [0.25, 0.3) is 5.91 Å². The summed E-state index contributed by atoms with van der Waals surface area (Å²) in [6.45, 7) is 4.24. The second-order valence-corrected chi connectivity index (χ2v) is 6.41. The van der Waals surface area contributed by atoms with Gasteiger partial charge in [0.1, 0.15) is 17.3 Å². The van der Waals surface area contributed by atoms with Gasteiger partial charge in [0, 0.05) is 11.9 Å². The first-order valence-corrected chi connectivity index (χ1v) is 8.51. The topological polar surface area (TPSA) is 54.0 Å². The molecule has 6 heteroatoms. The third kappa shape index (κ3) is 4.47. The maximum Gasteiger partial charge on any atom is 0.257 e. The van der Waals surface area contributed by atoms with Crippen LogP contribution in [0.2, 0.25) is 0 Å². The molecular formula is C21H19F2N3O. The minimum atomic E-state index is -0.837. The summed E-state index contributed by atoms with van der Waals surface area (Å²) < 4.78 is 27.4. The Hall–Kier alpha value is -3.28. The van der Waals surface area contributed by atoms with Crippen molar-refractivity contribution in [3.8, 4) is 0 Å². The van der Waals surface area contributed by atoms with Gasteiger partial charge in [0.2, 0.25) is 0 Å². The van der Waals surface area contributed by atoms with Crippen molar-refractivity contribution in [3.05, 3.63) is 83.7 Å². The van der Waals surface area contributed by atoms with Crippen LogP contribution >= 0.6 is 0 Å². The molecule has 0 aliphatic heterocycles. The van der Waals surface area contributed by atoms with Crippen molar-refractivity contribution in [2.24, 2.45) is 0 Å². The van der Waals surface area contributed by atoms with Crippen LogP contribution in [0.1, 0.15) is 35.7 Å². The Labute approximate surface area is 156 Å². The van der Waals surface area contributed by atoms with E-state index >= 15 is 0 Å². The Morgan fingerprint density at radius 2 is 1.63 bits per heavy atom. The smallest absolute Gasteiger partial charge is 0.257 e. The monoisotopic (exact) mass is 367 g/mol. The highest BCUT2D eigenvalue weighted by Gasteiger charge is 2.14. The van der Waals surface area contributed by atoms with Crippen molar-refractivity contribution in [3.63, 3.8) is 0 Å². The summed E-state index contributed by atoms with van der Waals surface area (Å²) in [7, 11) is 0. The fraction of sp³-hybridized carbons (Fsp3) is 0.143. The van der Waals surface area contributed by atoms with E-state index in [1.54, 1.807) is 12.3 Å². The molecule has 3 aromatic rings. The number of carbonyl (C=O) groups is 1. The molecule has 0 radical (unpaired) electrons. The lowest BCUT2D eigenvalue weighted by Gasteiger charge is -2.11. The van der Waals surface area contributed by atoms with Crippen LogP contribution in [0.5, 0.6) is 0 Å². The van der Waals surface area contributed by atoms with Gasteiger partial charge in [-0.3, -0.25) is 9.78 Å². The molecule has 0 fully saturated rings. The number of carbonyl (C=O) groups excluding carboxylic acids is 1. The lowest BCUT2D eigenvalue weighted by atomic mass is 10.0. The van der Waals surface area contributed by atoms with Gasteiger partial charge in [-0.1, -0.05) is 32.0 Å². The van der Waals surface area contributed by atoms with Crippen molar-refractivity contribution in [2.45, 2.75) is 19.8 Å². The van der Waals surface area contributed by atoms with Crippen molar-refractivity contribution in [1.82, 2.24) is 4.98 Å². The number of nitrogens with one attached hydrogen (secondary N) is 2. The van der Waals surface area contributed by atoms with Gasteiger partial charge in [-0.05, 0) is 41.8 Å². The van der Waals surface area contributed by atoms with E-state index in [1.165, 1.54) is 17.8 Å². The molecule has 3 rings (SSSR count). The molecule has 0 aliphatic rings. The van der Waals surface area contributed by atoms with Crippen LogP contribution in [0.25, 0.3) is 0 Å². The Balaban J connectivity index is 1.76. The van der Waals surface area contributed by atoms with Crippen LogP contribution in [-0.2, 0) is 0 Å². The fourth-order valence-corrected chi connectivity index (χ4v) is 2.55. The molecule has 27 heavy (non-hydrogen) atoms. The number of hydrogen-bond acceptors (Lipinski definition) is 3. The molecular weight excluding hydrogens is 348 g/mol. The molecule has 0 unspecified atom stereocenters. The number of pyridine rings is 1. The molecule has 0 aliphatic carbocycles. The summed E-state index contributed by atoms with van der Waals surface area (Å²) in [4.78, 5) is 16.4. The zero-order valence-electron chi connectivity index (χ0n) is 15.0. The van der Waals surface area contributed by atoms with Gasteiger partial charge in [0.05, 0.1) is 17.4 Å². The van der Waals surface area contributed by atoms with E-state index in [0.29, 0.717) is 11.6 Å². The first-order valence-electron chi connectivity index (χ1n) is 8.51. The molecule has 1 aromatic heterocycles. The van der Waals surface area contributed by atoms with E-state index in [1.807, 2.05) is 24.3 Å². The Morgan fingerprint density at radius 1 is 0.963 bits per heavy atom. The summed E-state index contributed by atoms with van der Waals surface area (Å²) in [6, 6.07) is 12.9. The lowest BCUT2D eigenvalue weighted by molar-refractivity contribution is 0.102.